The molecule has 0 saturated heterocycles. The summed E-state index contributed by atoms with van der Waals surface area (Å²) in [5.41, 5.74) is 10.3. The Bertz CT molecular complexity index is 633. The van der Waals surface area contributed by atoms with Crippen molar-refractivity contribution in [2.75, 3.05) is 13.2 Å². The van der Waals surface area contributed by atoms with E-state index in [0.29, 0.717) is 6.42 Å². The van der Waals surface area contributed by atoms with Crippen LogP contribution in [0, 0.1) is 6.92 Å². The van der Waals surface area contributed by atoms with Gasteiger partial charge in [-0.3, -0.25) is 0 Å². The van der Waals surface area contributed by atoms with Crippen LogP contribution in [0.15, 0.2) is 48.5 Å². The van der Waals surface area contributed by atoms with Gasteiger partial charge in [-0.05, 0) is 62.1 Å². The molecule has 2 aromatic carbocycles. The van der Waals surface area contributed by atoms with E-state index in [2.05, 4.69) is 55.5 Å². The molecule has 2 aromatic rings. The Morgan fingerprint density at radius 1 is 0.800 bits per heavy atom. The third kappa shape index (κ3) is 6.62. The van der Waals surface area contributed by atoms with Gasteiger partial charge in [0.05, 0.1) is 18.8 Å². The van der Waals surface area contributed by atoms with Crippen molar-refractivity contribution in [2.24, 2.45) is 5.73 Å². The average molecular weight is 341 g/mol. The van der Waals surface area contributed by atoms with Gasteiger partial charge in [0.25, 0.3) is 0 Å². The SMILES string of the molecule is Cc1cccc(CCCCc2ccc(CCC(N)(CO)CO)cc2)c1. The van der Waals surface area contributed by atoms with E-state index in [0.717, 1.165) is 19.3 Å². The van der Waals surface area contributed by atoms with E-state index in [1.165, 1.54) is 35.1 Å². The molecule has 0 atom stereocenters. The minimum Gasteiger partial charge on any atom is -0.394 e. The van der Waals surface area contributed by atoms with Gasteiger partial charge >= 0.3 is 0 Å². The third-order valence-corrected chi connectivity index (χ3v) is 4.83. The highest BCUT2D eigenvalue weighted by Gasteiger charge is 2.22. The van der Waals surface area contributed by atoms with Crippen molar-refractivity contribution in [1.29, 1.82) is 0 Å². The molecule has 3 nitrogen and oxygen atoms in total. The van der Waals surface area contributed by atoms with E-state index in [1.807, 2.05) is 0 Å². The van der Waals surface area contributed by atoms with E-state index in [1.54, 1.807) is 0 Å². The van der Waals surface area contributed by atoms with Crippen LogP contribution in [0.1, 0.15) is 41.5 Å². The van der Waals surface area contributed by atoms with Crippen molar-refractivity contribution in [2.45, 2.75) is 51.0 Å². The minimum atomic E-state index is -0.880. The lowest BCUT2D eigenvalue weighted by Gasteiger charge is -2.24. The van der Waals surface area contributed by atoms with E-state index in [4.69, 9.17) is 5.73 Å². The van der Waals surface area contributed by atoms with E-state index in [-0.39, 0.29) is 13.2 Å². The van der Waals surface area contributed by atoms with Crippen LogP contribution in [0.5, 0.6) is 0 Å². The van der Waals surface area contributed by atoms with Crippen LogP contribution in [0.3, 0.4) is 0 Å². The second-order valence-electron chi connectivity index (χ2n) is 7.19. The lowest BCUT2D eigenvalue weighted by Crippen LogP contribution is -2.47. The highest BCUT2D eigenvalue weighted by atomic mass is 16.3. The Labute approximate surface area is 151 Å². The molecular weight excluding hydrogens is 310 g/mol. The minimum absolute atomic E-state index is 0.192. The molecule has 0 aliphatic rings. The first-order valence-electron chi connectivity index (χ1n) is 9.19. The summed E-state index contributed by atoms with van der Waals surface area (Å²) in [6.07, 6.45) is 5.98. The normalized spacial score (nSPS) is 11.7. The number of aryl methyl sites for hydroxylation is 4. The fourth-order valence-corrected chi connectivity index (χ4v) is 3.00. The summed E-state index contributed by atoms with van der Waals surface area (Å²) in [4.78, 5) is 0. The van der Waals surface area contributed by atoms with Gasteiger partial charge in [0.2, 0.25) is 0 Å². The first kappa shape index (κ1) is 19.6. The van der Waals surface area contributed by atoms with Gasteiger partial charge in [-0.1, -0.05) is 54.1 Å². The molecule has 136 valence electrons. The Morgan fingerprint density at radius 3 is 1.92 bits per heavy atom. The second-order valence-corrected chi connectivity index (χ2v) is 7.19. The van der Waals surface area contributed by atoms with Gasteiger partial charge in [0.15, 0.2) is 0 Å². The summed E-state index contributed by atoms with van der Waals surface area (Å²) in [5, 5.41) is 18.5. The molecule has 0 spiro atoms. The smallest absolute Gasteiger partial charge is 0.0633 e. The highest BCUT2D eigenvalue weighted by molar-refractivity contribution is 5.24. The Hall–Kier alpha value is -1.68. The number of hydrogen-bond donors (Lipinski definition) is 3. The summed E-state index contributed by atoms with van der Waals surface area (Å²) in [6, 6.07) is 17.4. The van der Waals surface area contributed by atoms with Crippen molar-refractivity contribution < 1.29 is 10.2 Å². The second kappa shape index (κ2) is 9.71. The van der Waals surface area contributed by atoms with E-state index < -0.39 is 5.54 Å². The summed E-state index contributed by atoms with van der Waals surface area (Å²) < 4.78 is 0. The fraction of sp³-hybridized carbons (Fsp3) is 0.455. The van der Waals surface area contributed by atoms with Gasteiger partial charge in [-0.2, -0.15) is 0 Å². The van der Waals surface area contributed by atoms with Crippen molar-refractivity contribution in [1.82, 2.24) is 0 Å². The topological polar surface area (TPSA) is 66.5 Å². The number of hydrogen-bond acceptors (Lipinski definition) is 3. The van der Waals surface area contributed by atoms with Gasteiger partial charge in [0.1, 0.15) is 0 Å². The lowest BCUT2D eigenvalue weighted by atomic mass is 9.93. The maximum Gasteiger partial charge on any atom is 0.0633 e. The zero-order valence-corrected chi connectivity index (χ0v) is 15.2. The number of nitrogens with two attached hydrogens (primary N) is 1. The first-order chi connectivity index (χ1) is 12.0. The number of benzene rings is 2. The third-order valence-electron chi connectivity index (χ3n) is 4.83. The van der Waals surface area contributed by atoms with Crippen LogP contribution in [-0.2, 0) is 19.3 Å². The predicted octanol–water partition coefficient (Wildman–Crippen LogP) is 3.18. The Kier molecular flexibility index (Phi) is 7.63. The van der Waals surface area contributed by atoms with Crippen LogP contribution in [-0.4, -0.2) is 29.0 Å². The lowest BCUT2D eigenvalue weighted by molar-refractivity contribution is 0.115. The zero-order valence-electron chi connectivity index (χ0n) is 15.2. The predicted molar refractivity (Wildman–Crippen MR) is 104 cm³/mol. The monoisotopic (exact) mass is 341 g/mol. The Balaban J connectivity index is 1.73. The number of unbranched alkanes of at least 4 members (excludes halogenated alkanes) is 1. The summed E-state index contributed by atoms with van der Waals surface area (Å²) in [6.45, 7) is 1.76. The molecule has 0 aliphatic heterocycles. The van der Waals surface area contributed by atoms with Crippen LogP contribution < -0.4 is 5.73 Å². The molecular formula is C22H31NO2. The largest absolute Gasteiger partial charge is 0.394 e. The van der Waals surface area contributed by atoms with Gasteiger partial charge in [-0.15, -0.1) is 0 Å². The molecule has 0 fully saturated rings. The van der Waals surface area contributed by atoms with Crippen LogP contribution in [0.4, 0.5) is 0 Å². The Morgan fingerprint density at radius 2 is 1.36 bits per heavy atom. The van der Waals surface area contributed by atoms with Gasteiger partial charge < -0.3 is 15.9 Å². The molecule has 0 saturated carbocycles. The maximum atomic E-state index is 9.24. The molecule has 0 bridgehead atoms. The molecule has 0 aromatic heterocycles. The van der Waals surface area contributed by atoms with E-state index >= 15 is 0 Å². The zero-order chi connectivity index (χ0) is 18.1. The number of rotatable bonds is 10. The summed E-state index contributed by atoms with van der Waals surface area (Å²) in [5.74, 6) is 0. The van der Waals surface area contributed by atoms with Crippen LogP contribution >= 0.6 is 0 Å². The standard InChI is InChI=1S/C22H31NO2/c1-18-5-4-8-21(15-18)7-3-2-6-19-9-11-20(12-10-19)13-14-22(23,16-24)17-25/h4-5,8-12,15,24-25H,2-3,6-7,13-14,16-17,23H2,1H3. The van der Waals surface area contributed by atoms with Crippen molar-refractivity contribution >= 4 is 0 Å². The molecule has 0 unspecified atom stereocenters. The quantitative estimate of drug-likeness (QED) is 0.582. The molecule has 3 heteroatoms. The number of aliphatic hydroxyl groups excluding tert-OH is 2. The van der Waals surface area contributed by atoms with Crippen molar-refractivity contribution in [3.63, 3.8) is 0 Å². The van der Waals surface area contributed by atoms with E-state index in [9.17, 15) is 10.2 Å². The summed E-state index contributed by atoms with van der Waals surface area (Å²) >= 11 is 0. The van der Waals surface area contributed by atoms with Crippen LogP contribution in [0.25, 0.3) is 0 Å². The fourth-order valence-electron chi connectivity index (χ4n) is 3.00. The molecule has 0 radical (unpaired) electrons. The maximum absolute atomic E-state index is 9.24. The number of aliphatic hydroxyl groups is 2. The van der Waals surface area contributed by atoms with Crippen molar-refractivity contribution in [3.8, 4) is 0 Å². The average Bonchev–Trinajstić information content (AvgIpc) is 2.64. The molecule has 2 rings (SSSR count). The molecule has 0 aliphatic carbocycles. The molecule has 25 heavy (non-hydrogen) atoms. The summed E-state index contributed by atoms with van der Waals surface area (Å²) in [7, 11) is 0. The van der Waals surface area contributed by atoms with Crippen LogP contribution in [0.2, 0.25) is 0 Å². The first-order valence-corrected chi connectivity index (χ1v) is 9.19. The van der Waals surface area contributed by atoms with Crippen molar-refractivity contribution in [3.05, 3.63) is 70.8 Å². The highest BCUT2D eigenvalue weighted by Crippen LogP contribution is 2.15. The molecule has 0 heterocycles. The van der Waals surface area contributed by atoms with Gasteiger partial charge in [-0.25, -0.2) is 0 Å². The molecule has 4 N–H and O–H groups in total. The van der Waals surface area contributed by atoms with Gasteiger partial charge in [0, 0.05) is 0 Å². The molecule has 0 amide bonds.